The van der Waals surface area contributed by atoms with E-state index in [9.17, 15) is 4.79 Å². The molecule has 0 saturated carbocycles. The fourth-order valence-electron chi connectivity index (χ4n) is 2.57. The number of nitrogens with zero attached hydrogens (tertiary/aromatic N) is 2. The van der Waals surface area contributed by atoms with Crippen molar-refractivity contribution in [1.29, 1.82) is 0 Å². The zero-order chi connectivity index (χ0) is 16.9. The largest absolute Gasteiger partial charge is 0.353 e. The number of carbonyl (C=O) groups is 1. The fourth-order valence-corrected chi connectivity index (χ4v) is 3.41. The molecule has 0 bridgehead atoms. The molecule has 0 unspecified atom stereocenters. The maximum absolute atomic E-state index is 12.8. The molecule has 0 aliphatic carbocycles. The van der Waals surface area contributed by atoms with Gasteiger partial charge < -0.3 is 9.47 Å². The van der Waals surface area contributed by atoms with Crippen molar-refractivity contribution in [3.63, 3.8) is 0 Å². The minimum absolute atomic E-state index is 0.118. The molecule has 0 N–H and O–H groups in total. The van der Waals surface area contributed by atoms with E-state index in [2.05, 4.69) is 16.7 Å². The highest BCUT2D eigenvalue weighted by Crippen LogP contribution is 2.17. The summed E-state index contributed by atoms with van der Waals surface area (Å²) in [6.45, 7) is 1.24. The Hall–Kier alpha value is -2.04. The van der Waals surface area contributed by atoms with Crippen LogP contribution in [0.15, 0.2) is 60.1 Å². The van der Waals surface area contributed by atoms with Gasteiger partial charge in [0.1, 0.15) is 0 Å². The van der Waals surface area contributed by atoms with E-state index in [1.165, 1.54) is 4.88 Å². The number of benzene rings is 1. The summed E-state index contributed by atoms with van der Waals surface area (Å²) in [6, 6.07) is 15.6. The van der Waals surface area contributed by atoms with Gasteiger partial charge in [0.2, 0.25) is 5.91 Å². The van der Waals surface area contributed by atoms with Gasteiger partial charge in [-0.15, -0.1) is 11.3 Å². The van der Waals surface area contributed by atoms with Crippen LogP contribution < -0.4 is 0 Å². The van der Waals surface area contributed by atoms with Gasteiger partial charge in [0.15, 0.2) is 0 Å². The lowest BCUT2D eigenvalue weighted by Crippen LogP contribution is -2.31. The highest BCUT2D eigenvalue weighted by atomic mass is 35.5. The molecular formula is C19H19ClN2OS. The lowest BCUT2D eigenvalue weighted by atomic mass is 10.1. The van der Waals surface area contributed by atoms with Crippen LogP contribution in [0.2, 0.25) is 5.02 Å². The summed E-state index contributed by atoms with van der Waals surface area (Å²) in [5.41, 5.74) is 2.10. The Bertz CT molecular complexity index is 793. The normalized spacial score (nSPS) is 10.8. The van der Waals surface area contributed by atoms with E-state index >= 15 is 0 Å². The number of hydrogen-bond donors (Lipinski definition) is 0. The molecule has 2 aromatic heterocycles. The van der Waals surface area contributed by atoms with Gasteiger partial charge in [-0.05, 0) is 41.3 Å². The van der Waals surface area contributed by atoms with Gasteiger partial charge in [-0.2, -0.15) is 0 Å². The van der Waals surface area contributed by atoms with Crippen molar-refractivity contribution in [2.45, 2.75) is 19.5 Å². The molecule has 3 rings (SSSR count). The van der Waals surface area contributed by atoms with Crippen LogP contribution in [0.5, 0.6) is 0 Å². The molecule has 124 valence electrons. The maximum Gasteiger partial charge on any atom is 0.227 e. The van der Waals surface area contributed by atoms with E-state index in [4.69, 9.17) is 11.6 Å². The summed E-state index contributed by atoms with van der Waals surface area (Å²) in [4.78, 5) is 16.0. The molecule has 0 saturated heterocycles. The van der Waals surface area contributed by atoms with Crippen LogP contribution in [0.4, 0.5) is 0 Å². The third-order valence-corrected chi connectivity index (χ3v) is 5.07. The molecular weight excluding hydrogens is 340 g/mol. The molecule has 0 spiro atoms. The van der Waals surface area contributed by atoms with Gasteiger partial charge in [-0.25, -0.2) is 0 Å². The van der Waals surface area contributed by atoms with Crippen LogP contribution >= 0.6 is 22.9 Å². The summed E-state index contributed by atoms with van der Waals surface area (Å²) in [5.74, 6) is 0.118. The summed E-state index contributed by atoms with van der Waals surface area (Å²) < 4.78 is 2.05. The highest BCUT2D eigenvalue weighted by molar-refractivity contribution is 7.09. The van der Waals surface area contributed by atoms with Crippen LogP contribution in [0.3, 0.4) is 0 Å². The topological polar surface area (TPSA) is 25.2 Å². The Labute approximate surface area is 151 Å². The van der Waals surface area contributed by atoms with Gasteiger partial charge in [0.05, 0.1) is 19.5 Å². The van der Waals surface area contributed by atoms with Crippen LogP contribution in [0.1, 0.15) is 16.1 Å². The van der Waals surface area contributed by atoms with Crippen LogP contribution in [0.25, 0.3) is 0 Å². The van der Waals surface area contributed by atoms with Gasteiger partial charge in [0.25, 0.3) is 0 Å². The monoisotopic (exact) mass is 358 g/mol. The number of amides is 1. The molecule has 0 fully saturated rings. The molecule has 24 heavy (non-hydrogen) atoms. The first-order chi connectivity index (χ1) is 11.6. The van der Waals surface area contributed by atoms with E-state index < -0.39 is 0 Å². The summed E-state index contributed by atoms with van der Waals surface area (Å²) >= 11 is 7.60. The van der Waals surface area contributed by atoms with Gasteiger partial charge >= 0.3 is 0 Å². The average Bonchev–Trinajstić information content (AvgIpc) is 3.21. The Morgan fingerprint density at radius 2 is 1.92 bits per heavy atom. The van der Waals surface area contributed by atoms with E-state index in [1.54, 1.807) is 11.3 Å². The molecule has 1 aromatic carbocycles. The Kier molecular flexibility index (Phi) is 5.38. The number of hydrogen-bond acceptors (Lipinski definition) is 2. The summed E-state index contributed by atoms with van der Waals surface area (Å²) in [5, 5.41) is 2.73. The molecule has 0 atom stereocenters. The first kappa shape index (κ1) is 16.8. The summed E-state index contributed by atoms with van der Waals surface area (Å²) in [7, 11) is 2.00. The lowest BCUT2D eigenvalue weighted by Gasteiger charge is -2.23. The number of carbonyl (C=O) groups excluding carboxylic acids is 1. The second kappa shape index (κ2) is 7.69. The van der Waals surface area contributed by atoms with Crippen LogP contribution in [0, 0.1) is 0 Å². The first-order valence-corrected chi connectivity index (χ1v) is 9.02. The highest BCUT2D eigenvalue weighted by Gasteiger charge is 2.17. The van der Waals surface area contributed by atoms with E-state index in [0.717, 1.165) is 11.3 Å². The minimum Gasteiger partial charge on any atom is -0.353 e. The molecule has 2 heterocycles. The smallest absolute Gasteiger partial charge is 0.227 e. The number of thiophene rings is 1. The zero-order valence-corrected chi connectivity index (χ0v) is 15.1. The molecule has 0 radical (unpaired) electrons. The molecule has 3 nitrogen and oxygen atoms in total. The standard InChI is InChI=1S/C19H19ClN2OS/c1-21-10-2-4-17(21)13-22(14-18-5-3-11-24-18)19(23)12-15-6-8-16(20)9-7-15/h2-11H,12-14H2,1H3. The van der Waals surface area contributed by atoms with Crippen molar-refractivity contribution in [2.24, 2.45) is 7.05 Å². The second-order valence-electron chi connectivity index (χ2n) is 5.74. The zero-order valence-electron chi connectivity index (χ0n) is 13.5. The van der Waals surface area contributed by atoms with Crippen molar-refractivity contribution in [3.05, 3.63) is 81.3 Å². The van der Waals surface area contributed by atoms with Crippen molar-refractivity contribution in [1.82, 2.24) is 9.47 Å². The third-order valence-electron chi connectivity index (χ3n) is 3.95. The van der Waals surface area contributed by atoms with E-state index in [0.29, 0.717) is 24.5 Å². The van der Waals surface area contributed by atoms with Crippen molar-refractivity contribution < 1.29 is 4.79 Å². The van der Waals surface area contributed by atoms with Crippen molar-refractivity contribution >= 4 is 28.8 Å². The second-order valence-corrected chi connectivity index (χ2v) is 7.21. The third kappa shape index (κ3) is 4.28. The quantitative estimate of drug-likeness (QED) is 0.636. The van der Waals surface area contributed by atoms with Gasteiger partial charge in [0, 0.05) is 28.8 Å². The molecule has 0 aliphatic heterocycles. The Morgan fingerprint density at radius 1 is 1.12 bits per heavy atom. The number of aromatic nitrogens is 1. The van der Waals surface area contributed by atoms with Crippen molar-refractivity contribution in [3.8, 4) is 0 Å². The van der Waals surface area contributed by atoms with E-state index in [1.807, 2.05) is 59.9 Å². The van der Waals surface area contributed by atoms with Gasteiger partial charge in [-0.1, -0.05) is 29.8 Å². The summed E-state index contributed by atoms with van der Waals surface area (Å²) in [6.07, 6.45) is 2.38. The van der Waals surface area contributed by atoms with Crippen molar-refractivity contribution in [2.75, 3.05) is 0 Å². The van der Waals surface area contributed by atoms with E-state index in [-0.39, 0.29) is 5.91 Å². The number of rotatable bonds is 6. The SMILES string of the molecule is Cn1cccc1CN(Cc1cccs1)C(=O)Cc1ccc(Cl)cc1. The van der Waals surface area contributed by atoms with Gasteiger partial charge in [-0.3, -0.25) is 4.79 Å². The number of halogens is 1. The Balaban J connectivity index is 1.76. The predicted octanol–water partition coefficient (Wildman–Crippen LogP) is 4.51. The molecule has 1 amide bonds. The van der Waals surface area contributed by atoms with Crippen LogP contribution in [-0.4, -0.2) is 15.4 Å². The first-order valence-electron chi connectivity index (χ1n) is 7.76. The molecule has 0 aliphatic rings. The predicted molar refractivity (Wildman–Crippen MR) is 99.1 cm³/mol. The number of aryl methyl sites for hydroxylation is 1. The average molecular weight is 359 g/mol. The fraction of sp³-hybridized carbons (Fsp3) is 0.211. The van der Waals surface area contributed by atoms with Crippen LogP contribution in [-0.2, 0) is 31.4 Å². The minimum atomic E-state index is 0.118. The Morgan fingerprint density at radius 3 is 2.54 bits per heavy atom. The lowest BCUT2D eigenvalue weighted by molar-refractivity contribution is -0.131. The molecule has 3 aromatic rings. The maximum atomic E-state index is 12.8. The molecule has 5 heteroatoms.